The first-order valence-electron chi connectivity index (χ1n) is 10.7. The smallest absolute Gasteiger partial charge is 0.252 e. The summed E-state index contributed by atoms with van der Waals surface area (Å²) in [5, 5.41) is 3.65. The Morgan fingerprint density at radius 1 is 1.09 bits per heavy atom. The molecule has 0 aliphatic carbocycles. The number of aromatic amines is 1. The summed E-state index contributed by atoms with van der Waals surface area (Å²) in [4.78, 5) is 16.1. The molecule has 1 amide bonds. The molecule has 0 aliphatic rings. The normalized spacial score (nSPS) is 11.9. The molecule has 8 heteroatoms. The molecule has 0 aliphatic heterocycles. The van der Waals surface area contributed by atoms with Gasteiger partial charge in [-0.3, -0.25) is 4.79 Å². The highest BCUT2D eigenvalue weighted by Crippen LogP contribution is 2.36. The van der Waals surface area contributed by atoms with Gasteiger partial charge < -0.3 is 19.8 Å². The van der Waals surface area contributed by atoms with Crippen molar-refractivity contribution in [2.75, 3.05) is 20.3 Å². The van der Waals surface area contributed by atoms with Gasteiger partial charge in [-0.15, -0.1) is 0 Å². The first-order valence-corrected chi connectivity index (χ1v) is 11.1. The van der Waals surface area contributed by atoms with Crippen LogP contribution in [0.3, 0.4) is 0 Å². The molecule has 5 nitrogen and oxygen atoms in total. The van der Waals surface area contributed by atoms with Gasteiger partial charge in [-0.25, -0.2) is 8.78 Å². The van der Waals surface area contributed by atoms with Gasteiger partial charge in [0.05, 0.1) is 24.3 Å². The Morgan fingerprint density at radius 3 is 2.62 bits per heavy atom. The van der Waals surface area contributed by atoms with Crippen LogP contribution in [0.15, 0.2) is 60.8 Å². The molecule has 0 bridgehead atoms. The van der Waals surface area contributed by atoms with Crippen LogP contribution >= 0.6 is 11.6 Å². The number of hydrogen-bond acceptors (Lipinski definition) is 3. The summed E-state index contributed by atoms with van der Waals surface area (Å²) in [5.74, 6) is -1.96. The van der Waals surface area contributed by atoms with Gasteiger partial charge in [0.15, 0.2) is 23.1 Å². The molecular weight excluding hydrogens is 462 g/mol. The van der Waals surface area contributed by atoms with Crippen LogP contribution in [0.4, 0.5) is 8.78 Å². The molecule has 0 saturated carbocycles. The van der Waals surface area contributed by atoms with Gasteiger partial charge in [0.2, 0.25) is 0 Å². The SMILES string of the molecule is CCOc1ccc(C(CNC(=O)c2cc(F)c(F)cc2Cl)c2c[nH]c3ccccc23)cc1OC. The molecule has 4 rings (SSSR count). The lowest BCUT2D eigenvalue weighted by Gasteiger charge is -2.20. The minimum Gasteiger partial charge on any atom is -0.493 e. The maximum absolute atomic E-state index is 13.7. The van der Waals surface area contributed by atoms with Crippen LogP contribution in [0.1, 0.15) is 34.3 Å². The van der Waals surface area contributed by atoms with Crippen LogP contribution in [-0.2, 0) is 0 Å². The largest absolute Gasteiger partial charge is 0.493 e. The number of carbonyl (C=O) groups excluding carboxylic acids is 1. The molecule has 3 aromatic carbocycles. The number of nitrogens with one attached hydrogen (secondary N) is 2. The fraction of sp³-hybridized carbons (Fsp3) is 0.192. The fourth-order valence-electron chi connectivity index (χ4n) is 3.95. The molecule has 4 aromatic rings. The summed E-state index contributed by atoms with van der Waals surface area (Å²) < 4.78 is 38.3. The van der Waals surface area contributed by atoms with Gasteiger partial charge in [-0.2, -0.15) is 0 Å². The van der Waals surface area contributed by atoms with Crippen molar-refractivity contribution in [2.24, 2.45) is 0 Å². The summed E-state index contributed by atoms with van der Waals surface area (Å²) >= 11 is 5.99. The number of fused-ring (bicyclic) bond motifs is 1. The number of rotatable bonds is 8. The predicted octanol–water partition coefficient (Wildman–Crippen LogP) is 6.07. The highest BCUT2D eigenvalue weighted by Gasteiger charge is 2.22. The van der Waals surface area contributed by atoms with Gasteiger partial charge in [0.1, 0.15) is 0 Å². The number of hydrogen-bond donors (Lipinski definition) is 2. The average molecular weight is 485 g/mol. The number of methoxy groups -OCH3 is 1. The van der Waals surface area contributed by atoms with Crippen molar-refractivity contribution in [3.8, 4) is 11.5 Å². The van der Waals surface area contributed by atoms with E-state index in [1.165, 1.54) is 0 Å². The number of halogens is 3. The zero-order valence-electron chi connectivity index (χ0n) is 18.6. The van der Waals surface area contributed by atoms with E-state index in [1.54, 1.807) is 7.11 Å². The number of H-pyrrole nitrogens is 1. The van der Waals surface area contributed by atoms with E-state index in [2.05, 4.69) is 10.3 Å². The second-order valence-electron chi connectivity index (χ2n) is 7.64. The summed E-state index contributed by atoms with van der Waals surface area (Å²) in [6.45, 7) is 2.56. The second-order valence-corrected chi connectivity index (χ2v) is 8.05. The lowest BCUT2D eigenvalue weighted by Crippen LogP contribution is -2.29. The molecule has 0 spiro atoms. The zero-order chi connectivity index (χ0) is 24.2. The van der Waals surface area contributed by atoms with E-state index in [0.717, 1.165) is 34.2 Å². The van der Waals surface area contributed by atoms with E-state index in [-0.39, 0.29) is 23.0 Å². The molecule has 0 radical (unpaired) electrons. The fourth-order valence-corrected chi connectivity index (χ4v) is 4.19. The summed E-state index contributed by atoms with van der Waals surface area (Å²) in [6, 6.07) is 15.0. The van der Waals surface area contributed by atoms with Gasteiger partial charge in [0.25, 0.3) is 5.91 Å². The van der Waals surface area contributed by atoms with E-state index in [9.17, 15) is 13.6 Å². The van der Waals surface area contributed by atoms with Crippen molar-refractivity contribution in [3.63, 3.8) is 0 Å². The van der Waals surface area contributed by atoms with E-state index in [4.69, 9.17) is 21.1 Å². The third-order valence-corrected chi connectivity index (χ3v) is 5.92. The van der Waals surface area contributed by atoms with Crippen molar-refractivity contribution in [2.45, 2.75) is 12.8 Å². The molecule has 1 unspecified atom stereocenters. The Balaban J connectivity index is 1.70. The number of benzene rings is 3. The Bertz CT molecular complexity index is 1340. The predicted molar refractivity (Wildman–Crippen MR) is 128 cm³/mol. The van der Waals surface area contributed by atoms with Gasteiger partial charge in [-0.1, -0.05) is 35.9 Å². The molecule has 1 atom stereocenters. The first kappa shape index (κ1) is 23.6. The number of aromatic nitrogens is 1. The third kappa shape index (κ3) is 4.70. The third-order valence-electron chi connectivity index (χ3n) is 5.61. The lowest BCUT2D eigenvalue weighted by atomic mass is 9.90. The van der Waals surface area contributed by atoms with Crippen molar-refractivity contribution in [1.82, 2.24) is 10.3 Å². The Labute approximate surface area is 200 Å². The van der Waals surface area contributed by atoms with Crippen LogP contribution < -0.4 is 14.8 Å². The van der Waals surface area contributed by atoms with E-state index in [0.29, 0.717) is 18.1 Å². The molecule has 34 heavy (non-hydrogen) atoms. The number of carbonyl (C=O) groups is 1. The Morgan fingerprint density at radius 2 is 1.85 bits per heavy atom. The van der Waals surface area contributed by atoms with E-state index >= 15 is 0 Å². The minimum absolute atomic E-state index is 0.137. The van der Waals surface area contributed by atoms with Crippen molar-refractivity contribution in [1.29, 1.82) is 0 Å². The van der Waals surface area contributed by atoms with Crippen LogP contribution in [0.5, 0.6) is 11.5 Å². The average Bonchev–Trinajstić information content (AvgIpc) is 3.26. The Hall–Kier alpha value is -3.58. The zero-order valence-corrected chi connectivity index (χ0v) is 19.4. The summed E-state index contributed by atoms with van der Waals surface area (Å²) in [7, 11) is 1.56. The topological polar surface area (TPSA) is 63.3 Å². The van der Waals surface area contributed by atoms with Crippen molar-refractivity contribution >= 4 is 28.4 Å². The summed E-state index contributed by atoms with van der Waals surface area (Å²) in [5.41, 5.74) is 2.65. The molecular formula is C26H23ClF2N2O3. The van der Waals surface area contributed by atoms with Crippen LogP contribution in [0, 0.1) is 11.6 Å². The quantitative estimate of drug-likeness (QED) is 0.298. The van der Waals surface area contributed by atoms with Crippen LogP contribution in [0.2, 0.25) is 5.02 Å². The number of para-hydroxylation sites is 1. The second kappa shape index (κ2) is 10.1. The van der Waals surface area contributed by atoms with Crippen LogP contribution in [-0.4, -0.2) is 31.2 Å². The molecule has 176 valence electrons. The first-order chi connectivity index (χ1) is 16.4. The molecule has 0 fully saturated rings. The Kier molecular flexibility index (Phi) is 7.03. The molecule has 1 heterocycles. The monoisotopic (exact) mass is 484 g/mol. The van der Waals surface area contributed by atoms with E-state index < -0.39 is 17.5 Å². The van der Waals surface area contributed by atoms with Gasteiger partial charge in [0, 0.05) is 29.6 Å². The lowest BCUT2D eigenvalue weighted by molar-refractivity contribution is 0.0952. The minimum atomic E-state index is -1.14. The van der Waals surface area contributed by atoms with E-state index in [1.807, 2.05) is 55.6 Å². The maximum Gasteiger partial charge on any atom is 0.252 e. The van der Waals surface area contributed by atoms with Crippen LogP contribution in [0.25, 0.3) is 10.9 Å². The standard InChI is InChI=1S/C26H23ClF2N2O3/c1-3-34-24-9-8-15(10-25(24)33-2)18(19-14-30-23-7-5-4-6-16(19)23)13-31-26(32)17-11-21(28)22(29)12-20(17)27/h4-12,14,18,30H,3,13H2,1-2H3,(H,31,32). The van der Waals surface area contributed by atoms with Crippen molar-refractivity contribution in [3.05, 3.63) is 94.1 Å². The summed E-state index contributed by atoms with van der Waals surface area (Å²) in [6.07, 6.45) is 1.90. The highest BCUT2D eigenvalue weighted by molar-refractivity contribution is 6.33. The van der Waals surface area contributed by atoms with Crippen molar-refractivity contribution < 1.29 is 23.0 Å². The highest BCUT2D eigenvalue weighted by atomic mass is 35.5. The number of amides is 1. The maximum atomic E-state index is 13.7. The number of ether oxygens (including phenoxy) is 2. The molecule has 1 aromatic heterocycles. The molecule has 2 N–H and O–H groups in total. The van der Waals surface area contributed by atoms with Gasteiger partial charge >= 0.3 is 0 Å². The van der Waals surface area contributed by atoms with Gasteiger partial charge in [-0.05, 0) is 48.4 Å². The molecule has 0 saturated heterocycles.